The van der Waals surface area contributed by atoms with E-state index in [1.165, 1.54) is 0 Å². The number of aliphatic hydroxyl groups excluding tert-OH is 1. The lowest BCUT2D eigenvalue weighted by atomic mass is 10.1. The molecule has 0 aliphatic rings. The Balaban J connectivity index is 1.93. The number of carbonyl (C=O) groups is 1. The van der Waals surface area contributed by atoms with Crippen LogP contribution in [0, 0.1) is 0 Å². The first-order valence-corrected chi connectivity index (χ1v) is 6.77. The van der Waals surface area contributed by atoms with E-state index in [0.717, 1.165) is 16.9 Å². The van der Waals surface area contributed by atoms with Gasteiger partial charge in [-0.05, 0) is 35.9 Å². The summed E-state index contributed by atoms with van der Waals surface area (Å²) in [6.45, 7) is 0.818. The number of hydrogen-bond acceptors (Lipinski definition) is 4. The average Bonchev–Trinajstić information content (AvgIpc) is 2.52. The summed E-state index contributed by atoms with van der Waals surface area (Å²) in [4.78, 5) is 11.7. The van der Waals surface area contributed by atoms with Crippen molar-refractivity contribution in [2.24, 2.45) is 0 Å². The van der Waals surface area contributed by atoms with E-state index < -0.39 is 0 Å². The fourth-order valence-electron chi connectivity index (χ4n) is 1.90. The Labute approximate surface area is 123 Å². The minimum Gasteiger partial charge on any atom is -0.398 e. The zero-order valence-electron chi connectivity index (χ0n) is 11.7. The molecule has 0 spiro atoms. The highest BCUT2D eigenvalue weighted by Crippen LogP contribution is 2.14. The van der Waals surface area contributed by atoms with E-state index in [2.05, 4.69) is 10.6 Å². The molecule has 0 fully saturated rings. The molecule has 2 aromatic rings. The quantitative estimate of drug-likeness (QED) is 0.607. The molecule has 110 valence electrons. The number of anilines is 2. The monoisotopic (exact) mass is 285 g/mol. The van der Waals surface area contributed by atoms with E-state index in [9.17, 15) is 4.79 Å². The van der Waals surface area contributed by atoms with Crippen molar-refractivity contribution in [1.29, 1.82) is 0 Å². The maximum absolute atomic E-state index is 11.7. The number of hydrogen-bond donors (Lipinski definition) is 4. The molecule has 1 amide bonds. The van der Waals surface area contributed by atoms with E-state index in [0.29, 0.717) is 12.1 Å². The minimum atomic E-state index is -0.192. The first-order chi connectivity index (χ1) is 10.2. The summed E-state index contributed by atoms with van der Waals surface area (Å²) >= 11 is 0. The largest absolute Gasteiger partial charge is 0.398 e. The van der Waals surface area contributed by atoms with Gasteiger partial charge < -0.3 is 21.5 Å². The SMILES string of the molecule is Nc1ccccc1CNc1ccc(C(=O)NCCO)cc1. The first-order valence-electron chi connectivity index (χ1n) is 6.77. The van der Waals surface area contributed by atoms with Crippen molar-refractivity contribution in [1.82, 2.24) is 5.32 Å². The van der Waals surface area contributed by atoms with Crippen LogP contribution in [0.5, 0.6) is 0 Å². The van der Waals surface area contributed by atoms with Gasteiger partial charge >= 0.3 is 0 Å². The predicted octanol–water partition coefficient (Wildman–Crippen LogP) is 1.60. The second-order valence-electron chi connectivity index (χ2n) is 4.61. The molecule has 5 nitrogen and oxygen atoms in total. The summed E-state index contributed by atoms with van der Waals surface area (Å²) in [5, 5.41) is 14.5. The third-order valence-corrected chi connectivity index (χ3v) is 3.08. The second kappa shape index (κ2) is 7.31. The lowest BCUT2D eigenvalue weighted by molar-refractivity contribution is 0.0945. The topological polar surface area (TPSA) is 87.4 Å². The molecular formula is C16H19N3O2. The van der Waals surface area contributed by atoms with E-state index in [1.54, 1.807) is 12.1 Å². The first kappa shape index (κ1) is 14.9. The van der Waals surface area contributed by atoms with Gasteiger partial charge in [-0.15, -0.1) is 0 Å². The molecule has 0 bridgehead atoms. The van der Waals surface area contributed by atoms with Gasteiger partial charge in [-0.3, -0.25) is 4.79 Å². The molecule has 0 aromatic heterocycles. The van der Waals surface area contributed by atoms with Crippen LogP contribution in [0.3, 0.4) is 0 Å². The summed E-state index contributed by atoms with van der Waals surface area (Å²) in [5.41, 5.74) is 9.14. The molecule has 5 heteroatoms. The number of para-hydroxylation sites is 1. The number of carbonyl (C=O) groups excluding carboxylic acids is 1. The molecule has 0 aliphatic carbocycles. The molecule has 0 heterocycles. The van der Waals surface area contributed by atoms with Crippen molar-refractivity contribution in [2.75, 3.05) is 24.2 Å². The molecular weight excluding hydrogens is 266 g/mol. The van der Waals surface area contributed by atoms with E-state index in [4.69, 9.17) is 10.8 Å². The fraction of sp³-hybridized carbons (Fsp3) is 0.188. The number of rotatable bonds is 6. The maximum Gasteiger partial charge on any atom is 0.251 e. The van der Waals surface area contributed by atoms with E-state index in [1.807, 2.05) is 36.4 Å². The van der Waals surface area contributed by atoms with Crippen molar-refractivity contribution >= 4 is 17.3 Å². The predicted molar refractivity (Wildman–Crippen MR) is 84.0 cm³/mol. The lowest BCUT2D eigenvalue weighted by Gasteiger charge is -2.09. The number of nitrogens with one attached hydrogen (secondary N) is 2. The summed E-state index contributed by atoms with van der Waals surface area (Å²) < 4.78 is 0. The van der Waals surface area contributed by atoms with Gasteiger partial charge in [-0.1, -0.05) is 18.2 Å². The van der Waals surface area contributed by atoms with Crippen LogP contribution >= 0.6 is 0 Å². The van der Waals surface area contributed by atoms with Crippen molar-refractivity contribution in [2.45, 2.75) is 6.54 Å². The van der Waals surface area contributed by atoms with Gasteiger partial charge in [0.25, 0.3) is 5.91 Å². The Morgan fingerprint density at radius 1 is 1.10 bits per heavy atom. The Bertz CT molecular complexity index is 597. The number of nitrogen functional groups attached to an aromatic ring is 1. The summed E-state index contributed by atoms with van der Waals surface area (Å²) in [6.07, 6.45) is 0. The van der Waals surface area contributed by atoms with E-state index in [-0.39, 0.29) is 19.1 Å². The number of amides is 1. The van der Waals surface area contributed by atoms with Gasteiger partial charge in [0.15, 0.2) is 0 Å². The Hall–Kier alpha value is -2.53. The van der Waals surface area contributed by atoms with Gasteiger partial charge in [0.1, 0.15) is 0 Å². The standard InChI is InChI=1S/C16H19N3O2/c17-15-4-2-1-3-13(15)11-19-14-7-5-12(6-8-14)16(21)18-9-10-20/h1-8,19-20H,9-11,17H2,(H,18,21). The highest BCUT2D eigenvalue weighted by atomic mass is 16.3. The Morgan fingerprint density at radius 2 is 1.81 bits per heavy atom. The fourth-order valence-corrected chi connectivity index (χ4v) is 1.90. The van der Waals surface area contributed by atoms with Crippen LogP contribution in [0.4, 0.5) is 11.4 Å². The van der Waals surface area contributed by atoms with Crippen molar-refractivity contribution < 1.29 is 9.90 Å². The Kier molecular flexibility index (Phi) is 5.17. The normalized spacial score (nSPS) is 10.1. The molecule has 0 atom stereocenters. The van der Waals surface area contributed by atoms with Crippen LogP contribution in [0.25, 0.3) is 0 Å². The van der Waals surface area contributed by atoms with Crippen molar-refractivity contribution in [3.8, 4) is 0 Å². The molecule has 0 unspecified atom stereocenters. The van der Waals surface area contributed by atoms with Crippen molar-refractivity contribution in [3.63, 3.8) is 0 Å². The highest BCUT2D eigenvalue weighted by molar-refractivity contribution is 5.94. The lowest BCUT2D eigenvalue weighted by Crippen LogP contribution is -2.26. The molecule has 2 rings (SSSR count). The van der Waals surface area contributed by atoms with Gasteiger partial charge in [0.05, 0.1) is 6.61 Å². The third kappa shape index (κ3) is 4.22. The number of nitrogens with two attached hydrogens (primary N) is 1. The average molecular weight is 285 g/mol. The molecule has 2 aromatic carbocycles. The second-order valence-corrected chi connectivity index (χ2v) is 4.61. The summed E-state index contributed by atoms with van der Waals surface area (Å²) in [5.74, 6) is -0.192. The smallest absolute Gasteiger partial charge is 0.251 e. The van der Waals surface area contributed by atoms with Crippen LogP contribution in [-0.2, 0) is 6.54 Å². The van der Waals surface area contributed by atoms with Crippen LogP contribution < -0.4 is 16.4 Å². The minimum absolute atomic E-state index is 0.0656. The molecule has 0 saturated heterocycles. The van der Waals surface area contributed by atoms with Crippen molar-refractivity contribution in [3.05, 3.63) is 59.7 Å². The third-order valence-electron chi connectivity index (χ3n) is 3.08. The van der Waals surface area contributed by atoms with E-state index >= 15 is 0 Å². The molecule has 0 aliphatic heterocycles. The number of benzene rings is 2. The molecule has 5 N–H and O–H groups in total. The van der Waals surface area contributed by atoms with Crippen LogP contribution in [-0.4, -0.2) is 24.2 Å². The highest BCUT2D eigenvalue weighted by Gasteiger charge is 2.04. The van der Waals surface area contributed by atoms with Crippen LogP contribution in [0.15, 0.2) is 48.5 Å². The van der Waals surface area contributed by atoms with Gasteiger partial charge in [-0.25, -0.2) is 0 Å². The van der Waals surface area contributed by atoms with Gasteiger partial charge in [0.2, 0.25) is 0 Å². The van der Waals surface area contributed by atoms with Crippen LogP contribution in [0.1, 0.15) is 15.9 Å². The summed E-state index contributed by atoms with van der Waals surface area (Å²) in [7, 11) is 0. The maximum atomic E-state index is 11.7. The van der Waals surface area contributed by atoms with Gasteiger partial charge in [0, 0.05) is 30.0 Å². The molecule has 0 saturated carbocycles. The van der Waals surface area contributed by atoms with Gasteiger partial charge in [-0.2, -0.15) is 0 Å². The molecule has 21 heavy (non-hydrogen) atoms. The number of aliphatic hydroxyl groups is 1. The zero-order chi connectivity index (χ0) is 15.1. The Morgan fingerprint density at radius 3 is 2.48 bits per heavy atom. The zero-order valence-corrected chi connectivity index (χ0v) is 11.7. The summed E-state index contributed by atoms with van der Waals surface area (Å²) in [6, 6.07) is 14.8. The van der Waals surface area contributed by atoms with Crippen LogP contribution in [0.2, 0.25) is 0 Å². The molecule has 0 radical (unpaired) electrons.